The molecule has 2 aliphatic rings. The van der Waals surface area contributed by atoms with Gasteiger partial charge in [0.2, 0.25) is 0 Å². The molecular formula is C27H33N3O7S. The zero-order chi connectivity index (χ0) is 27.1. The molecule has 2 aromatic rings. The van der Waals surface area contributed by atoms with Gasteiger partial charge in [-0.25, -0.2) is 8.42 Å². The Morgan fingerprint density at radius 3 is 2.16 bits per heavy atom. The third-order valence-electron chi connectivity index (χ3n) is 7.14. The lowest BCUT2D eigenvalue weighted by Crippen LogP contribution is -2.34. The van der Waals surface area contributed by atoms with E-state index in [1.807, 2.05) is 0 Å². The fourth-order valence-electron chi connectivity index (χ4n) is 5.04. The number of nitrogens with zero attached hydrogens (tertiary/aromatic N) is 3. The van der Waals surface area contributed by atoms with Crippen LogP contribution in [0.4, 0.5) is 5.69 Å². The summed E-state index contributed by atoms with van der Waals surface area (Å²) < 4.78 is 27.7. The van der Waals surface area contributed by atoms with Crippen LogP contribution in [-0.4, -0.2) is 54.2 Å². The van der Waals surface area contributed by atoms with E-state index in [-0.39, 0.29) is 35.8 Å². The lowest BCUT2D eigenvalue weighted by Gasteiger charge is -2.26. The Morgan fingerprint density at radius 1 is 0.895 bits per heavy atom. The maximum Gasteiger partial charge on any atom is 0.289 e. The molecule has 0 unspecified atom stereocenters. The van der Waals surface area contributed by atoms with Gasteiger partial charge in [0.05, 0.1) is 22.7 Å². The van der Waals surface area contributed by atoms with E-state index in [1.54, 1.807) is 24.3 Å². The summed E-state index contributed by atoms with van der Waals surface area (Å²) in [5, 5.41) is 11.5. The minimum Gasteiger partial charge on any atom is -0.284 e. The molecule has 1 aliphatic heterocycles. The molecule has 0 saturated heterocycles. The number of amides is 2. The number of para-hydroxylation sites is 1. The quantitative estimate of drug-likeness (QED) is 0.151. The molecule has 0 bridgehead atoms. The number of hydrogen-bond donors (Lipinski definition) is 0. The average molecular weight is 544 g/mol. The number of rotatable bonds is 13. The van der Waals surface area contributed by atoms with Gasteiger partial charge in [-0.15, -0.1) is 0 Å². The van der Waals surface area contributed by atoms with Crippen molar-refractivity contribution >= 4 is 27.5 Å². The molecular weight excluding hydrogens is 510 g/mol. The van der Waals surface area contributed by atoms with Gasteiger partial charge in [0.15, 0.2) is 4.90 Å². The van der Waals surface area contributed by atoms with Crippen molar-refractivity contribution in [3.8, 4) is 0 Å². The largest absolute Gasteiger partial charge is 0.289 e. The molecule has 38 heavy (non-hydrogen) atoms. The summed E-state index contributed by atoms with van der Waals surface area (Å²) in [5.41, 5.74) is 0.353. The lowest BCUT2D eigenvalue weighted by molar-refractivity contribution is -0.387. The molecule has 0 spiro atoms. The molecule has 11 heteroatoms. The predicted octanol–water partition coefficient (Wildman–Crippen LogP) is 4.95. The molecule has 1 saturated carbocycles. The fourth-order valence-corrected chi connectivity index (χ4v) is 6.48. The second kappa shape index (κ2) is 12.6. The van der Waals surface area contributed by atoms with E-state index in [0.29, 0.717) is 43.4 Å². The van der Waals surface area contributed by atoms with Gasteiger partial charge in [-0.05, 0) is 49.8 Å². The first kappa shape index (κ1) is 27.9. The molecule has 0 atom stereocenters. The van der Waals surface area contributed by atoms with Crippen molar-refractivity contribution in [3.63, 3.8) is 0 Å². The molecule has 4 rings (SSSR count). The maximum absolute atomic E-state index is 13.4. The summed E-state index contributed by atoms with van der Waals surface area (Å²) in [6.45, 7) is 0.594. The van der Waals surface area contributed by atoms with Crippen molar-refractivity contribution in [1.82, 2.24) is 9.37 Å². The molecule has 204 valence electrons. The number of imide groups is 1. The van der Waals surface area contributed by atoms with E-state index < -0.39 is 20.6 Å². The highest BCUT2D eigenvalue weighted by Crippen LogP contribution is 2.29. The minimum absolute atomic E-state index is 0.0497. The number of fused-ring (bicyclic) bond motifs is 1. The molecule has 1 aliphatic carbocycles. The Kier molecular flexibility index (Phi) is 9.24. The van der Waals surface area contributed by atoms with Crippen molar-refractivity contribution in [2.45, 2.75) is 62.7 Å². The maximum atomic E-state index is 13.4. The van der Waals surface area contributed by atoms with Crippen LogP contribution in [0.1, 0.15) is 78.5 Å². The van der Waals surface area contributed by atoms with Gasteiger partial charge in [-0.3, -0.25) is 29.4 Å². The number of benzene rings is 2. The molecule has 2 aromatic carbocycles. The Hall–Kier alpha value is -3.15. The van der Waals surface area contributed by atoms with Gasteiger partial charge >= 0.3 is 0 Å². The number of sulfonamides is 1. The second-order valence-electron chi connectivity index (χ2n) is 9.78. The van der Waals surface area contributed by atoms with Gasteiger partial charge in [0.1, 0.15) is 0 Å². The van der Waals surface area contributed by atoms with E-state index in [2.05, 4.69) is 0 Å². The first-order valence-electron chi connectivity index (χ1n) is 13.1. The van der Waals surface area contributed by atoms with Crippen LogP contribution in [0.3, 0.4) is 0 Å². The van der Waals surface area contributed by atoms with Gasteiger partial charge in [0, 0.05) is 19.2 Å². The molecule has 10 nitrogen and oxygen atoms in total. The van der Waals surface area contributed by atoms with E-state index >= 15 is 0 Å². The summed E-state index contributed by atoms with van der Waals surface area (Å²) in [6.07, 6.45) is 7.63. The Labute approximate surface area is 222 Å². The highest BCUT2D eigenvalue weighted by Gasteiger charge is 2.35. The van der Waals surface area contributed by atoms with Crippen molar-refractivity contribution in [1.29, 1.82) is 0 Å². The van der Waals surface area contributed by atoms with Gasteiger partial charge in [0.25, 0.3) is 27.5 Å². The van der Waals surface area contributed by atoms with Crippen molar-refractivity contribution in [2.75, 3.05) is 19.7 Å². The normalized spacial score (nSPS) is 16.3. The smallest absolute Gasteiger partial charge is 0.284 e. The van der Waals surface area contributed by atoms with E-state index in [9.17, 15) is 28.1 Å². The predicted molar refractivity (Wildman–Crippen MR) is 140 cm³/mol. The lowest BCUT2D eigenvalue weighted by atomic mass is 9.90. The summed E-state index contributed by atoms with van der Waals surface area (Å²) in [7, 11) is -4.26. The van der Waals surface area contributed by atoms with Gasteiger partial charge in [-0.2, -0.15) is 0 Å². The van der Waals surface area contributed by atoms with Crippen LogP contribution in [-0.2, 0) is 14.9 Å². The van der Waals surface area contributed by atoms with Crippen LogP contribution in [0.25, 0.3) is 0 Å². The summed E-state index contributed by atoms with van der Waals surface area (Å²) >= 11 is 0. The highest BCUT2D eigenvalue weighted by atomic mass is 32.2. The van der Waals surface area contributed by atoms with E-state index in [4.69, 9.17) is 4.84 Å². The van der Waals surface area contributed by atoms with Crippen molar-refractivity contribution in [3.05, 3.63) is 69.8 Å². The monoisotopic (exact) mass is 543 g/mol. The molecule has 0 aromatic heterocycles. The van der Waals surface area contributed by atoms with Gasteiger partial charge in [-0.1, -0.05) is 60.8 Å². The number of hydrogen-bond acceptors (Lipinski definition) is 7. The number of carbonyl (C=O) groups excluding carboxylic acids is 2. The van der Waals surface area contributed by atoms with Crippen LogP contribution in [0.2, 0.25) is 0 Å². The minimum atomic E-state index is -4.26. The van der Waals surface area contributed by atoms with E-state index in [1.165, 1.54) is 29.2 Å². The third-order valence-corrected chi connectivity index (χ3v) is 8.86. The van der Waals surface area contributed by atoms with Crippen LogP contribution >= 0.6 is 0 Å². The van der Waals surface area contributed by atoms with Crippen LogP contribution < -0.4 is 0 Å². The van der Waals surface area contributed by atoms with Crippen LogP contribution in [0, 0.1) is 16.0 Å². The molecule has 1 heterocycles. The third kappa shape index (κ3) is 6.28. The standard InChI is InChI=1S/C27H33N3O7S/c31-26-22-14-6-7-15-23(22)27(32)28(26)18-10-1-2-11-19-29(37-20-21-12-4-3-5-13-21)38(35,36)25-17-9-8-16-24(25)30(33)34/h6-9,14-17,21H,1-5,10-13,18-20H2. The number of carbonyl (C=O) groups is 2. The SMILES string of the molecule is O=C1c2ccccc2C(=O)N1CCCCCCN(OCC1CCCCC1)S(=O)(=O)c1ccccc1[N+](=O)[O-]. The number of nitro benzene ring substituents is 1. The van der Waals surface area contributed by atoms with E-state index in [0.717, 1.165) is 36.6 Å². The molecule has 1 fully saturated rings. The zero-order valence-corrected chi connectivity index (χ0v) is 22.1. The number of hydroxylamine groups is 1. The number of unbranched alkanes of at least 4 members (excludes halogenated alkanes) is 3. The van der Waals surface area contributed by atoms with Crippen LogP contribution in [0.5, 0.6) is 0 Å². The number of nitro groups is 1. The van der Waals surface area contributed by atoms with Crippen LogP contribution in [0.15, 0.2) is 53.4 Å². The Morgan fingerprint density at radius 2 is 1.50 bits per heavy atom. The van der Waals surface area contributed by atoms with Gasteiger partial charge < -0.3 is 0 Å². The zero-order valence-electron chi connectivity index (χ0n) is 21.3. The first-order valence-corrected chi connectivity index (χ1v) is 14.6. The second-order valence-corrected chi connectivity index (χ2v) is 11.6. The molecule has 0 radical (unpaired) electrons. The summed E-state index contributed by atoms with van der Waals surface area (Å²) in [4.78, 5) is 42.5. The highest BCUT2D eigenvalue weighted by molar-refractivity contribution is 7.89. The Bertz CT molecular complexity index is 1240. The van der Waals surface area contributed by atoms with Crippen molar-refractivity contribution < 1.29 is 27.8 Å². The Balaban J connectivity index is 1.33. The topological polar surface area (TPSA) is 127 Å². The summed E-state index contributed by atoms with van der Waals surface area (Å²) in [6, 6.07) is 12.0. The molecule has 2 amide bonds. The van der Waals surface area contributed by atoms with Crippen molar-refractivity contribution in [2.24, 2.45) is 5.92 Å². The first-order chi connectivity index (χ1) is 18.3. The fraction of sp³-hybridized carbons (Fsp3) is 0.481. The average Bonchev–Trinajstić information content (AvgIpc) is 3.17. The molecule has 0 N–H and O–H groups in total. The summed E-state index contributed by atoms with van der Waals surface area (Å²) in [5.74, 6) is -0.321.